The van der Waals surface area contributed by atoms with E-state index in [1.54, 1.807) is 0 Å². The fourth-order valence-corrected chi connectivity index (χ4v) is 2.84. The van der Waals surface area contributed by atoms with Crippen molar-refractivity contribution in [1.29, 1.82) is 0 Å². The highest BCUT2D eigenvalue weighted by molar-refractivity contribution is 4.98. The van der Waals surface area contributed by atoms with Crippen molar-refractivity contribution in [1.82, 2.24) is 10.2 Å². The molecule has 0 saturated carbocycles. The number of rotatable bonds is 3. The van der Waals surface area contributed by atoms with Crippen LogP contribution in [0.5, 0.6) is 0 Å². The summed E-state index contributed by atoms with van der Waals surface area (Å²) in [5.74, 6) is 0.712. The highest BCUT2D eigenvalue weighted by atomic mass is 15.3. The van der Waals surface area contributed by atoms with Crippen LogP contribution in [-0.4, -0.2) is 35.6 Å². The van der Waals surface area contributed by atoms with Gasteiger partial charge in [0.05, 0.1) is 0 Å². The van der Waals surface area contributed by atoms with Crippen LogP contribution in [0, 0.1) is 11.3 Å². The molecule has 2 unspecified atom stereocenters. The van der Waals surface area contributed by atoms with E-state index in [0.717, 1.165) is 6.54 Å². The van der Waals surface area contributed by atoms with Crippen molar-refractivity contribution in [3.05, 3.63) is 0 Å². The first-order chi connectivity index (χ1) is 8.09. The molecular weight excluding hydrogens is 220 g/mol. The largest absolute Gasteiger partial charge is 0.311 e. The van der Waals surface area contributed by atoms with Gasteiger partial charge in [-0.25, -0.2) is 0 Å². The van der Waals surface area contributed by atoms with E-state index in [1.165, 1.54) is 13.0 Å². The second-order valence-electron chi connectivity index (χ2n) is 7.96. The number of hydrogen-bond acceptors (Lipinski definition) is 2. The molecule has 2 atom stereocenters. The average molecular weight is 254 g/mol. The smallest absolute Gasteiger partial charge is 0.0249 e. The Morgan fingerprint density at radius 3 is 2.11 bits per heavy atom. The number of nitrogens with one attached hydrogen (secondary N) is 1. The number of nitrogens with zero attached hydrogens (tertiary/aromatic N) is 1. The maximum absolute atomic E-state index is 3.77. The standard InChI is InChI=1S/C16H34N2/c1-9-16(7,8)18-11-14(15(4,5)6)17-10-13(18)12(2)3/h12-14,17H,9-11H2,1-8H3. The topological polar surface area (TPSA) is 15.3 Å². The summed E-state index contributed by atoms with van der Waals surface area (Å²) in [6.07, 6.45) is 1.22. The Bertz CT molecular complexity index is 263. The van der Waals surface area contributed by atoms with Crippen molar-refractivity contribution in [3.63, 3.8) is 0 Å². The second-order valence-corrected chi connectivity index (χ2v) is 7.96. The third kappa shape index (κ3) is 3.48. The summed E-state index contributed by atoms with van der Waals surface area (Å²) in [5, 5.41) is 3.77. The van der Waals surface area contributed by atoms with Crippen LogP contribution in [0.15, 0.2) is 0 Å². The van der Waals surface area contributed by atoms with E-state index in [0.29, 0.717) is 29.0 Å². The molecule has 1 N–H and O–H groups in total. The van der Waals surface area contributed by atoms with Gasteiger partial charge in [0.2, 0.25) is 0 Å². The third-order valence-corrected chi connectivity index (χ3v) is 4.81. The Balaban J connectivity index is 2.90. The Morgan fingerprint density at radius 1 is 1.17 bits per heavy atom. The molecule has 0 spiro atoms. The lowest BCUT2D eigenvalue weighted by Crippen LogP contribution is -2.66. The van der Waals surface area contributed by atoms with Crippen LogP contribution < -0.4 is 5.32 Å². The van der Waals surface area contributed by atoms with Crippen molar-refractivity contribution >= 4 is 0 Å². The Morgan fingerprint density at radius 2 is 1.72 bits per heavy atom. The van der Waals surface area contributed by atoms with E-state index in [-0.39, 0.29) is 0 Å². The van der Waals surface area contributed by atoms with Crippen molar-refractivity contribution < 1.29 is 0 Å². The van der Waals surface area contributed by atoms with Gasteiger partial charge in [-0.2, -0.15) is 0 Å². The van der Waals surface area contributed by atoms with Gasteiger partial charge in [0.1, 0.15) is 0 Å². The summed E-state index contributed by atoms with van der Waals surface area (Å²) in [5.41, 5.74) is 0.643. The van der Waals surface area contributed by atoms with Crippen molar-refractivity contribution in [2.45, 2.75) is 79.4 Å². The van der Waals surface area contributed by atoms with Crippen molar-refractivity contribution in [3.8, 4) is 0 Å². The SMILES string of the molecule is CCC(C)(C)N1CC(C(C)(C)C)NCC1C(C)C. The molecule has 1 saturated heterocycles. The van der Waals surface area contributed by atoms with Crippen LogP contribution in [0.3, 0.4) is 0 Å². The molecule has 0 aromatic heterocycles. The molecule has 0 aromatic carbocycles. The molecule has 0 bridgehead atoms. The zero-order valence-electron chi connectivity index (χ0n) is 13.8. The summed E-state index contributed by atoms with van der Waals surface area (Å²) in [6, 6.07) is 1.26. The summed E-state index contributed by atoms with van der Waals surface area (Å²) in [4.78, 5) is 2.75. The summed E-state index contributed by atoms with van der Waals surface area (Å²) >= 11 is 0. The van der Waals surface area contributed by atoms with Crippen LogP contribution in [0.1, 0.15) is 61.8 Å². The minimum Gasteiger partial charge on any atom is -0.311 e. The van der Waals surface area contributed by atoms with Gasteiger partial charge in [-0.15, -0.1) is 0 Å². The van der Waals surface area contributed by atoms with Gasteiger partial charge < -0.3 is 5.32 Å². The molecule has 0 aliphatic carbocycles. The van der Waals surface area contributed by atoms with Gasteiger partial charge in [-0.3, -0.25) is 4.90 Å². The lowest BCUT2D eigenvalue weighted by atomic mass is 9.81. The maximum atomic E-state index is 3.77. The van der Waals surface area contributed by atoms with Gasteiger partial charge in [-0.05, 0) is 31.6 Å². The molecule has 2 nitrogen and oxygen atoms in total. The Labute approximate surface area is 115 Å². The number of hydrogen-bond donors (Lipinski definition) is 1. The van der Waals surface area contributed by atoms with Crippen LogP contribution in [-0.2, 0) is 0 Å². The third-order valence-electron chi connectivity index (χ3n) is 4.81. The second kappa shape index (κ2) is 5.50. The molecule has 0 amide bonds. The number of piperazine rings is 1. The van der Waals surface area contributed by atoms with E-state index in [1.807, 2.05) is 0 Å². The van der Waals surface area contributed by atoms with E-state index in [4.69, 9.17) is 0 Å². The predicted molar refractivity (Wildman–Crippen MR) is 80.9 cm³/mol. The van der Waals surface area contributed by atoms with E-state index in [2.05, 4.69) is 65.6 Å². The first-order valence-electron chi connectivity index (χ1n) is 7.59. The fraction of sp³-hybridized carbons (Fsp3) is 1.00. The lowest BCUT2D eigenvalue weighted by Gasteiger charge is -2.52. The Kier molecular flexibility index (Phi) is 4.88. The van der Waals surface area contributed by atoms with Gasteiger partial charge >= 0.3 is 0 Å². The van der Waals surface area contributed by atoms with Crippen LogP contribution in [0.4, 0.5) is 0 Å². The highest BCUT2D eigenvalue weighted by Gasteiger charge is 2.40. The van der Waals surface area contributed by atoms with Gasteiger partial charge in [0, 0.05) is 30.7 Å². The van der Waals surface area contributed by atoms with Crippen molar-refractivity contribution in [2.24, 2.45) is 11.3 Å². The molecular formula is C16H34N2. The minimum absolute atomic E-state index is 0.306. The fourth-order valence-electron chi connectivity index (χ4n) is 2.84. The quantitative estimate of drug-likeness (QED) is 0.829. The first kappa shape index (κ1) is 16.0. The molecule has 2 heteroatoms. The zero-order valence-corrected chi connectivity index (χ0v) is 13.8. The Hall–Kier alpha value is -0.0800. The average Bonchev–Trinajstić information content (AvgIpc) is 2.27. The van der Waals surface area contributed by atoms with Crippen LogP contribution in [0.2, 0.25) is 0 Å². The van der Waals surface area contributed by atoms with Crippen LogP contribution in [0.25, 0.3) is 0 Å². The minimum atomic E-state index is 0.306. The van der Waals surface area contributed by atoms with Gasteiger partial charge in [0.15, 0.2) is 0 Å². The highest BCUT2D eigenvalue weighted by Crippen LogP contribution is 2.31. The maximum Gasteiger partial charge on any atom is 0.0249 e. The van der Waals surface area contributed by atoms with Gasteiger partial charge in [-0.1, -0.05) is 41.5 Å². The predicted octanol–water partition coefficient (Wildman–Crippen LogP) is 3.52. The normalized spacial score (nSPS) is 27.8. The van der Waals surface area contributed by atoms with Crippen LogP contribution >= 0.6 is 0 Å². The first-order valence-corrected chi connectivity index (χ1v) is 7.59. The summed E-state index contributed by atoms with van der Waals surface area (Å²) in [6.45, 7) is 21.1. The molecule has 18 heavy (non-hydrogen) atoms. The monoisotopic (exact) mass is 254 g/mol. The van der Waals surface area contributed by atoms with E-state index in [9.17, 15) is 0 Å². The summed E-state index contributed by atoms with van der Waals surface area (Å²) in [7, 11) is 0. The van der Waals surface area contributed by atoms with E-state index < -0.39 is 0 Å². The molecule has 1 aliphatic rings. The molecule has 108 valence electrons. The molecule has 0 aromatic rings. The molecule has 1 rings (SSSR count). The lowest BCUT2D eigenvalue weighted by molar-refractivity contribution is -0.0110. The molecule has 1 heterocycles. The van der Waals surface area contributed by atoms with E-state index >= 15 is 0 Å². The van der Waals surface area contributed by atoms with Gasteiger partial charge in [0.25, 0.3) is 0 Å². The summed E-state index contributed by atoms with van der Waals surface area (Å²) < 4.78 is 0. The molecule has 1 aliphatic heterocycles. The molecule has 0 radical (unpaired) electrons. The molecule has 1 fully saturated rings. The zero-order chi connectivity index (χ0) is 14.1. The van der Waals surface area contributed by atoms with Crippen molar-refractivity contribution in [2.75, 3.05) is 13.1 Å².